The number of nitrogens with two attached hydrogens (primary N) is 1. The fourth-order valence-electron chi connectivity index (χ4n) is 1.64. The van der Waals surface area contributed by atoms with Gasteiger partial charge in [-0.05, 0) is 17.7 Å². The number of benzene rings is 1. The molecule has 0 aliphatic rings. The van der Waals surface area contributed by atoms with E-state index in [9.17, 15) is 0 Å². The molecule has 0 aliphatic heterocycles. The number of hydrogen-bond acceptors (Lipinski definition) is 5. The third-order valence-corrected chi connectivity index (χ3v) is 2.63. The molecule has 2 N–H and O–H groups in total. The SMILES string of the molecule is COc1ccc(Cc2nnc(C(C)C)o2)cc1N. The lowest BCUT2D eigenvalue weighted by Gasteiger charge is -2.05. The molecule has 0 saturated carbocycles. The maximum atomic E-state index is 5.85. The molecule has 0 atom stereocenters. The van der Waals surface area contributed by atoms with Gasteiger partial charge in [0.15, 0.2) is 0 Å². The number of nitrogen functional groups attached to an aromatic ring is 1. The highest BCUT2D eigenvalue weighted by molar-refractivity contribution is 5.54. The monoisotopic (exact) mass is 247 g/mol. The molecule has 1 aromatic heterocycles. The van der Waals surface area contributed by atoms with E-state index >= 15 is 0 Å². The van der Waals surface area contributed by atoms with Crippen LogP contribution in [-0.2, 0) is 6.42 Å². The number of anilines is 1. The van der Waals surface area contributed by atoms with E-state index in [1.165, 1.54) is 0 Å². The first-order chi connectivity index (χ1) is 8.60. The van der Waals surface area contributed by atoms with Gasteiger partial charge in [-0.1, -0.05) is 19.9 Å². The molecule has 0 bridgehead atoms. The summed E-state index contributed by atoms with van der Waals surface area (Å²) in [5.41, 5.74) is 7.48. The average Bonchev–Trinajstić information content (AvgIpc) is 2.78. The van der Waals surface area contributed by atoms with Crippen molar-refractivity contribution >= 4 is 5.69 Å². The summed E-state index contributed by atoms with van der Waals surface area (Å²) in [5, 5.41) is 8.01. The molecule has 1 aromatic carbocycles. The molecule has 0 radical (unpaired) electrons. The lowest BCUT2D eigenvalue weighted by Crippen LogP contribution is -1.95. The van der Waals surface area contributed by atoms with E-state index in [1.54, 1.807) is 7.11 Å². The van der Waals surface area contributed by atoms with Crippen molar-refractivity contribution in [2.24, 2.45) is 0 Å². The lowest BCUT2D eigenvalue weighted by atomic mass is 10.1. The summed E-state index contributed by atoms with van der Waals surface area (Å²) in [6.45, 7) is 4.03. The molecule has 2 rings (SSSR count). The van der Waals surface area contributed by atoms with Crippen molar-refractivity contribution in [1.29, 1.82) is 0 Å². The van der Waals surface area contributed by atoms with Crippen LogP contribution in [0.2, 0.25) is 0 Å². The van der Waals surface area contributed by atoms with Crippen LogP contribution in [0.25, 0.3) is 0 Å². The Labute approximate surface area is 106 Å². The van der Waals surface area contributed by atoms with Crippen molar-refractivity contribution in [1.82, 2.24) is 10.2 Å². The van der Waals surface area contributed by atoms with Gasteiger partial charge < -0.3 is 14.9 Å². The lowest BCUT2D eigenvalue weighted by molar-refractivity contribution is 0.416. The summed E-state index contributed by atoms with van der Waals surface area (Å²) >= 11 is 0. The summed E-state index contributed by atoms with van der Waals surface area (Å²) in [7, 11) is 1.60. The van der Waals surface area contributed by atoms with Gasteiger partial charge >= 0.3 is 0 Å². The van der Waals surface area contributed by atoms with E-state index in [-0.39, 0.29) is 5.92 Å². The summed E-state index contributed by atoms with van der Waals surface area (Å²) in [6, 6.07) is 5.64. The molecule has 1 heterocycles. The number of ether oxygens (including phenoxy) is 1. The van der Waals surface area contributed by atoms with E-state index in [0.717, 1.165) is 5.56 Å². The van der Waals surface area contributed by atoms with Gasteiger partial charge in [0.25, 0.3) is 0 Å². The second-order valence-corrected chi connectivity index (χ2v) is 4.44. The van der Waals surface area contributed by atoms with Crippen LogP contribution in [0.15, 0.2) is 22.6 Å². The van der Waals surface area contributed by atoms with Crippen LogP contribution in [0.4, 0.5) is 5.69 Å². The van der Waals surface area contributed by atoms with E-state index < -0.39 is 0 Å². The molecular formula is C13H17N3O2. The summed E-state index contributed by atoms with van der Waals surface area (Å²) in [5.74, 6) is 2.18. The first-order valence-electron chi connectivity index (χ1n) is 5.85. The van der Waals surface area contributed by atoms with Crippen LogP contribution in [0.1, 0.15) is 37.1 Å². The fourth-order valence-corrected chi connectivity index (χ4v) is 1.64. The molecule has 0 fully saturated rings. The Hall–Kier alpha value is -2.04. The van der Waals surface area contributed by atoms with Gasteiger partial charge in [0.2, 0.25) is 11.8 Å². The molecule has 0 amide bonds. The van der Waals surface area contributed by atoms with E-state index in [1.807, 2.05) is 32.0 Å². The third-order valence-electron chi connectivity index (χ3n) is 2.63. The Morgan fingerprint density at radius 2 is 2.11 bits per heavy atom. The van der Waals surface area contributed by atoms with Crippen LogP contribution in [-0.4, -0.2) is 17.3 Å². The van der Waals surface area contributed by atoms with Crippen molar-refractivity contribution in [3.8, 4) is 5.75 Å². The van der Waals surface area contributed by atoms with E-state index in [2.05, 4.69) is 10.2 Å². The van der Waals surface area contributed by atoms with Gasteiger partial charge in [0.1, 0.15) is 5.75 Å². The molecule has 0 aliphatic carbocycles. The Kier molecular flexibility index (Phi) is 3.50. The Balaban J connectivity index is 2.15. The van der Waals surface area contributed by atoms with Crippen molar-refractivity contribution in [2.75, 3.05) is 12.8 Å². The molecule has 5 nitrogen and oxygen atoms in total. The predicted octanol–water partition coefficient (Wildman–Crippen LogP) is 2.37. The van der Waals surface area contributed by atoms with Crippen molar-refractivity contribution in [3.05, 3.63) is 35.5 Å². The Morgan fingerprint density at radius 3 is 2.67 bits per heavy atom. The maximum Gasteiger partial charge on any atom is 0.220 e. The zero-order valence-electron chi connectivity index (χ0n) is 10.8. The minimum Gasteiger partial charge on any atom is -0.495 e. The van der Waals surface area contributed by atoms with Gasteiger partial charge in [0, 0.05) is 5.92 Å². The van der Waals surface area contributed by atoms with Crippen molar-refractivity contribution in [2.45, 2.75) is 26.2 Å². The quantitative estimate of drug-likeness (QED) is 0.839. The van der Waals surface area contributed by atoms with Gasteiger partial charge in [0.05, 0.1) is 19.2 Å². The molecule has 96 valence electrons. The van der Waals surface area contributed by atoms with Crippen LogP contribution < -0.4 is 10.5 Å². The Morgan fingerprint density at radius 1 is 1.33 bits per heavy atom. The van der Waals surface area contributed by atoms with E-state index in [0.29, 0.717) is 29.6 Å². The molecule has 0 spiro atoms. The maximum absolute atomic E-state index is 5.85. The number of rotatable bonds is 4. The van der Waals surface area contributed by atoms with Gasteiger partial charge in [-0.25, -0.2) is 0 Å². The minimum atomic E-state index is 0.243. The summed E-state index contributed by atoms with van der Waals surface area (Å²) in [4.78, 5) is 0. The molecule has 0 unspecified atom stereocenters. The minimum absolute atomic E-state index is 0.243. The van der Waals surface area contributed by atoms with Crippen LogP contribution in [0, 0.1) is 0 Å². The topological polar surface area (TPSA) is 74.2 Å². The van der Waals surface area contributed by atoms with Crippen LogP contribution >= 0.6 is 0 Å². The smallest absolute Gasteiger partial charge is 0.220 e. The van der Waals surface area contributed by atoms with Gasteiger partial charge in [-0.3, -0.25) is 0 Å². The largest absolute Gasteiger partial charge is 0.495 e. The zero-order valence-corrected chi connectivity index (χ0v) is 10.8. The number of aromatic nitrogens is 2. The number of methoxy groups -OCH3 is 1. The average molecular weight is 247 g/mol. The first kappa shape index (κ1) is 12.4. The predicted molar refractivity (Wildman–Crippen MR) is 68.6 cm³/mol. The van der Waals surface area contributed by atoms with Crippen molar-refractivity contribution < 1.29 is 9.15 Å². The highest BCUT2D eigenvalue weighted by Crippen LogP contribution is 2.23. The van der Waals surface area contributed by atoms with Gasteiger partial charge in [-0.15, -0.1) is 10.2 Å². The second kappa shape index (κ2) is 5.08. The summed E-state index contributed by atoms with van der Waals surface area (Å²) < 4.78 is 10.7. The van der Waals surface area contributed by atoms with Crippen LogP contribution in [0.3, 0.4) is 0 Å². The zero-order chi connectivity index (χ0) is 13.1. The highest BCUT2D eigenvalue weighted by Gasteiger charge is 2.10. The third kappa shape index (κ3) is 2.61. The number of nitrogens with zero attached hydrogens (tertiary/aromatic N) is 2. The summed E-state index contributed by atoms with van der Waals surface area (Å²) in [6.07, 6.45) is 0.577. The highest BCUT2D eigenvalue weighted by atomic mass is 16.5. The molecular weight excluding hydrogens is 230 g/mol. The second-order valence-electron chi connectivity index (χ2n) is 4.44. The fraction of sp³-hybridized carbons (Fsp3) is 0.385. The molecule has 18 heavy (non-hydrogen) atoms. The molecule has 2 aromatic rings. The van der Waals surface area contributed by atoms with Crippen LogP contribution in [0.5, 0.6) is 5.75 Å². The van der Waals surface area contributed by atoms with Gasteiger partial charge in [-0.2, -0.15) is 0 Å². The van der Waals surface area contributed by atoms with Crippen molar-refractivity contribution in [3.63, 3.8) is 0 Å². The Bertz CT molecular complexity index is 535. The first-order valence-corrected chi connectivity index (χ1v) is 5.85. The normalized spacial score (nSPS) is 10.9. The molecule has 5 heteroatoms. The van der Waals surface area contributed by atoms with E-state index in [4.69, 9.17) is 14.9 Å². The molecule has 0 saturated heterocycles. The number of hydrogen-bond donors (Lipinski definition) is 1. The standard InChI is InChI=1S/C13H17N3O2/c1-8(2)13-16-15-12(18-13)7-9-4-5-11(17-3)10(14)6-9/h4-6,8H,7,14H2,1-3H3.